The molecule has 0 heterocycles. The highest BCUT2D eigenvalue weighted by Crippen LogP contribution is 2.08. The van der Waals surface area contributed by atoms with Crippen LogP contribution in [0.15, 0.2) is 60.7 Å². The van der Waals surface area contributed by atoms with Crippen LogP contribution in [0.1, 0.15) is 45.7 Å². The van der Waals surface area contributed by atoms with Crippen LogP contribution in [0.2, 0.25) is 0 Å². The van der Waals surface area contributed by atoms with Gasteiger partial charge >= 0.3 is 0 Å². The number of aliphatic hydroxyl groups excluding tert-OH is 1. The predicted molar refractivity (Wildman–Crippen MR) is 134 cm³/mol. The smallest absolute Gasteiger partial charge is 0.217 e. The molecule has 2 amide bonds. The van der Waals surface area contributed by atoms with Crippen LogP contribution in [-0.2, 0) is 27.2 Å². The molecule has 0 unspecified atom stereocenters. The normalized spacial score (nSPS) is 12.6. The van der Waals surface area contributed by atoms with Crippen LogP contribution in [-0.4, -0.2) is 46.8 Å². The third kappa shape index (κ3) is 12.8. The molecule has 0 fully saturated rings. The highest BCUT2D eigenvalue weighted by molar-refractivity contribution is 6.28. The van der Waals surface area contributed by atoms with Crippen molar-refractivity contribution in [1.29, 1.82) is 0 Å². The number of hydrogen-bond acceptors (Lipinski definition) is 4. The van der Waals surface area contributed by atoms with E-state index >= 15 is 0 Å². The summed E-state index contributed by atoms with van der Waals surface area (Å²) in [6, 6.07) is 18.6. The van der Waals surface area contributed by atoms with E-state index in [1.54, 1.807) is 0 Å². The summed E-state index contributed by atoms with van der Waals surface area (Å²) in [5.41, 5.74) is 2.12. The van der Waals surface area contributed by atoms with Gasteiger partial charge in [-0.2, -0.15) is 0 Å². The van der Waals surface area contributed by atoms with Crippen LogP contribution in [0, 0.1) is 0 Å². The molecule has 0 radical (unpaired) electrons. The van der Waals surface area contributed by atoms with Gasteiger partial charge in [0.05, 0.1) is 24.1 Å². The Hall–Kier alpha value is -2.70. The number of alkyl halides is 1. The van der Waals surface area contributed by atoms with E-state index in [0.29, 0.717) is 19.3 Å². The van der Waals surface area contributed by atoms with Crippen LogP contribution in [0.25, 0.3) is 0 Å². The Morgan fingerprint density at radius 1 is 0.848 bits per heavy atom. The van der Waals surface area contributed by atoms with E-state index in [0.717, 1.165) is 11.1 Å². The molecule has 6 nitrogen and oxygen atoms in total. The number of ketones is 1. The number of amides is 2. The summed E-state index contributed by atoms with van der Waals surface area (Å²) in [7, 11) is 0. The number of carbonyl (C=O) groups is 3. The number of nitrogens with one attached hydrogen (secondary N) is 2. The number of rotatable bonds is 10. The van der Waals surface area contributed by atoms with Gasteiger partial charge in [-0.1, -0.05) is 75.0 Å². The summed E-state index contributed by atoms with van der Waals surface area (Å²) in [5, 5.41) is 15.2. The Labute approximate surface area is 202 Å². The van der Waals surface area contributed by atoms with Gasteiger partial charge in [-0.15, -0.1) is 11.6 Å². The SMILES string of the molecule is C.CC(=O)N[C@@H](Cc1ccccc1)C(=O)CCl.CC[C@H](O)[C@H](Cc1ccccc1)NC(C)=O. The van der Waals surface area contributed by atoms with Crippen molar-refractivity contribution in [3.63, 3.8) is 0 Å². The first kappa shape index (κ1) is 30.3. The van der Waals surface area contributed by atoms with Crippen molar-refractivity contribution >= 4 is 29.2 Å². The average molecular weight is 477 g/mol. The average Bonchev–Trinajstić information content (AvgIpc) is 2.78. The lowest BCUT2D eigenvalue weighted by atomic mass is 10.00. The first-order chi connectivity index (χ1) is 15.3. The van der Waals surface area contributed by atoms with Crippen molar-refractivity contribution in [3.8, 4) is 0 Å². The molecule has 2 aromatic rings. The first-order valence-electron chi connectivity index (χ1n) is 10.7. The van der Waals surface area contributed by atoms with Gasteiger partial charge in [-0.3, -0.25) is 14.4 Å². The maximum absolute atomic E-state index is 11.5. The van der Waals surface area contributed by atoms with Gasteiger partial charge in [0, 0.05) is 13.8 Å². The van der Waals surface area contributed by atoms with Gasteiger partial charge in [0.2, 0.25) is 11.8 Å². The molecule has 0 saturated carbocycles. The largest absolute Gasteiger partial charge is 0.391 e. The van der Waals surface area contributed by atoms with Crippen LogP contribution < -0.4 is 10.6 Å². The topological polar surface area (TPSA) is 95.5 Å². The number of carbonyl (C=O) groups excluding carboxylic acids is 3. The van der Waals surface area contributed by atoms with Gasteiger partial charge < -0.3 is 15.7 Å². The molecule has 0 aliphatic heterocycles. The molecule has 0 spiro atoms. The standard InChI is InChI=1S/C13H19NO2.C12H14ClNO2.CH4/c1-3-13(16)12(14-10(2)15)9-11-7-5-4-6-8-11;1-9(15)14-11(12(16)8-13)7-10-5-3-2-4-6-10;/h4-8,12-13,16H,3,9H2,1-2H3,(H,14,15);2-6,11H,7-8H2,1H3,(H,14,15);1H4/t12-,13-;11-;/m00./s1. The monoisotopic (exact) mass is 476 g/mol. The second-order valence-corrected chi connectivity index (χ2v) is 7.78. The van der Waals surface area contributed by atoms with Crippen LogP contribution in [0.3, 0.4) is 0 Å². The lowest BCUT2D eigenvalue weighted by Crippen LogP contribution is -2.43. The quantitative estimate of drug-likeness (QED) is 0.456. The summed E-state index contributed by atoms with van der Waals surface area (Å²) in [6.07, 6.45) is 1.28. The molecule has 0 saturated heterocycles. The van der Waals surface area contributed by atoms with Crippen molar-refractivity contribution < 1.29 is 19.5 Å². The summed E-state index contributed by atoms with van der Waals surface area (Å²) in [4.78, 5) is 33.5. The van der Waals surface area contributed by atoms with E-state index in [9.17, 15) is 19.5 Å². The zero-order valence-corrected chi connectivity index (χ0v) is 19.6. The number of aliphatic hydroxyl groups is 1. The zero-order chi connectivity index (χ0) is 23.9. The van der Waals surface area contributed by atoms with Crippen LogP contribution in [0.5, 0.6) is 0 Å². The van der Waals surface area contributed by atoms with E-state index in [-0.39, 0.29) is 36.9 Å². The first-order valence-corrected chi connectivity index (χ1v) is 11.2. The summed E-state index contributed by atoms with van der Waals surface area (Å²) < 4.78 is 0. The molecule has 7 heteroatoms. The highest BCUT2D eigenvalue weighted by Gasteiger charge is 2.19. The van der Waals surface area contributed by atoms with Crippen molar-refractivity contribution in [3.05, 3.63) is 71.8 Å². The maximum Gasteiger partial charge on any atom is 0.217 e. The van der Waals surface area contributed by atoms with E-state index < -0.39 is 12.1 Å². The number of benzene rings is 2. The minimum Gasteiger partial charge on any atom is -0.391 e. The van der Waals surface area contributed by atoms with Gasteiger partial charge in [-0.05, 0) is 30.4 Å². The molecule has 0 aliphatic rings. The Morgan fingerprint density at radius 3 is 1.70 bits per heavy atom. The molecule has 0 aromatic heterocycles. The zero-order valence-electron chi connectivity index (χ0n) is 18.9. The predicted octanol–water partition coefficient (Wildman–Crippen LogP) is 3.68. The van der Waals surface area contributed by atoms with Gasteiger partial charge in [0.1, 0.15) is 0 Å². The van der Waals surface area contributed by atoms with Gasteiger partial charge in [0.25, 0.3) is 0 Å². The molecule has 33 heavy (non-hydrogen) atoms. The molecule has 2 aromatic carbocycles. The fraction of sp³-hybridized carbons (Fsp3) is 0.423. The summed E-state index contributed by atoms with van der Waals surface area (Å²) >= 11 is 5.50. The van der Waals surface area contributed by atoms with Gasteiger partial charge in [0.15, 0.2) is 5.78 Å². The molecular formula is C26H37ClN2O4. The maximum atomic E-state index is 11.5. The minimum absolute atomic E-state index is 0. The third-order valence-corrected chi connectivity index (χ3v) is 5.01. The lowest BCUT2D eigenvalue weighted by Gasteiger charge is -2.22. The van der Waals surface area contributed by atoms with E-state index in [2.05, 4.69) is 10.6 Å². The highest BCUT2D eigenvalue weighted by atomic mass is 35.5. The molecule has 0 bridgehead atoms. The van der Waals surface area contributed by atoms with Crippen LogP contribution in [0.4, 0.5) is 0 Å². The minimum atomic E-state index is -0.530. The van der Waals surface area contributed by atoms with Crippen molar-refractivity contribution in [1.82, 2.24) is 10.6 Å². The van der Waals surface area contributed by atoms with Crippen LogP contribution >= 0.6 is 11.6 Å². The Bertz CT molecular complexity index is 831. The Kier molecular flexibility index (Phi) is 15.5. The fourth-order valence-corrected chi connectivity index (χ4v) is 3.32. The molecular weight excluding hydrogens is 440 g/mol. The van der Waals surface area contributed by atoms with Crippen molar-refractivity contribution in [2.75, 3.05) is 5.88 Å². The number of halogens is 1. The van der Waals surface area contributed by atoms with Crippen molar-refractivity contribution in [2.24, 2.45) is 0 Å². The van der Waals surface area contributed by atoms with E-state index in [1.807, 2.05) is 67.6 Å². The molecule has 0 aliphatic carbocycles. The molecule has 3 atom stereocenters. The van der Waals surface area contributed by atoms with Gasteiger partial charge in [-0.25, -0.2) is 0 Å². The second kappa shape index (κ2) is 16.9. The number of hydrogen-bond donors (Lipinski definition) is 3. The fourth-order valence-electron chi connectivity index (χ4n) is 3.13. The number of Topliss-reactive ketones (excluding diaryl/α,β-unsaturated/α-hetero) is 1. The lowest BCUT2D eigenvalue weighted by molar-refractivity contribution is -0.125. The third-order valence-electron chi connectivity index (χ3n) is 4.75. The molecule has 182 valence electrons. The molecule has 3 N–H and O–H groups in total. The summed E-state index contributed by atoms with van der Waals surface area (Å²) in [5.74, 6) is -0.578. The molecule has 2 rings (SSSR count). The van der Waals surface area contributed by atoms with Crippen molar-refractivity contribution in [2.45, 2.75) is 65.6 Å². The Balaban J connectivity index is 0.000000602. The Morgan fingerprint density at radius 2 is 1.30 bits per heavy atom. The second-order valence-electron chi connectivity index (χ2n) is 7.52. The summed E-state index contributed by atoms with van der Waals surface area (Å²) in [6.45, 7) is 4.77. The van der Waals surface area contributed by atoms with E-state index in [1.165, 1.54) is 13.8 Å². The van der Waals surface area contributed by atoms with E-state index in [4.69, 9.17) is 11.6 Å².